The van der Waals surface area contributed by atoms with Crippen LogP contribution in [0.1, 0.15) is 0 Å². The first kappa shape index (κ1) is 12.2. The van der Waals surface area contributed by atoms with Gasteiger partial charge in [-0.25, -0.2) is 0 Å². The summed E-state index contributed by atoms with van der Waals surface area (Å²) in [5.41, 5.74) is 2.92. The van der Waals surface area contributed by atoms with E-state index < -0.39 is 0 Å². The fourth-order valence-corrected chi connectivity index (χ4v) is 2.85. The highest BCUT2D eigenvalue weighted by Crippen LogP contribution is 2.31. The number of hydrogen-bond acceptors (Lipinski definition) is 3. The second kappa shape index (κ2) is 4.75. The first-order valence-electron chi connectivity index (χ1n) is 6.66. The molecule has 4 rings (SSSR count). The molecule has 0 aliphatic rings. The third-order valence-electron chi connectivity index (χ3n) is 3.60. The number of aromatic nitrogens is 3. The summed E-state index contributed by atoms with van der Waals surface area (Å²) >= 11 is 5.33. The Labute approximate surface area is 126 Å². The van der Waals surface area contributed by atoms with Crippen LogP contribution in [-0.2, 0) is 0 Å². The van der Waals surface area contributed by atoms with E-state index in [0.717, 1.165) is 32.9 Å². The maximum Gasteiger partial charge on any atom is 0.127 e. The van der Waals surface area contributed by atoms with E-state index in [4.69, 9.17) is 12.2 Å². The van der Waals surface area contributed by atoms with Gasteiger partial charge in [-0.3, -0.25) is 10.1 Å². The van der Waals surface area contributed by atoms with Crippen molar-refractivity contribution in [2.75, 3.05) is 0 Å². The molecule has 4 aromatic rings. The van der Waals surface area contributed by atoms with Crippen molar-refractivity contribution in [2.24, 2.45) is 0 Å². The number of nitrogens with zero attached hydrogens (tertiary/aromatic N) is 2. The predicted octanol–water partition coefficient (Wildman–Crippen LogP) is 4.51. The minimum absolute atomic E-state index is 0.660. The summed E-state index contributed by atoms with van der Waals surface area (Å²) in [6, 6.07) is 18.1. The van der Waals surface area contributed by atoms with Crippen LogP contribution in [0.4, 0.5) is 0 Å². The average molecular weight is 289 g/mol. The second-order valence-electron chi connectivity index (χ2n) is 4.82. The van der Waals surface area contributed by atoms with Crippen molar-refractivity contribution in [1.29, 1.82) is 0 Å². The molecular formula is C17H11N3S. The van der Waals surface area contributed by atoms with Crippen LogP contribution in [0.25, 0.3) is 32.9 Å². The maximum absolute atomic E-state index is 5.33. The SMILES string of the molecule is S=c1[nH]nc(-c2cccc3ncccc23)c2ccccc12. The Hall–Kier alpha value is -2.59. The minimum Gasteiger partial charge on any atom is -0.267 e. The molecule has 21 heavy (non-hydrogen) atoms. The van der Waals surface area contributed by atoms with E-state index in [2.05, 4.69) is 33.4 Å². The van der Waals surface area contributed by atoms with Crippen LogP contribution >= 0.6 is 12.2 Å². The van der Waals surface area contributed by atoms with Crippen molar-refractivity contribution in [3.8, 4) is 11.3 Å². The van der Waals surface area contributed by atoms with Gasteiger partial charge in [-0.2, -0.15) is 5.10 Å². The van der Waals surface area contributed by atoms with Gasteiger partial charge >= 0.3 is 0 Å². The standard InChI is InChI=1S/C17H11N3S/c21-17-14-6-2-1-5-13(14)16(19-20-17)12-7-3-9-15-11(12)8-4-10-18-15/h1-10H,(H,20,21). The van der Waals surface area contributed by atoms with Gasteiger partial charge < -0.3 is 0 Å². The molecule has 2 heterocycles. The van der Waals surface area contributed by atoms with E-state index in [1.165, 1.54) is 0 Å². The minimum atomic E-state index is 0.660. The van der Waals surface area contributed by atoms with Crippen LogP contribution in [-0.4, -0.2) is 15.2 Å². The predicted molar refractivity (Wildman–Crippen MR) is 87.7 cm³/mol. The lowest BCUT2D eigenvalue weighted by Gasteiger charge is -2.08. The van der Waals surface area contributed by atoms with Crippen molar-refractivity contribution in [2.45, 2.75) is 0 Å². The zero-order valence-corrected chi connectivity index (χ0v) is 11.9. The van der Waals surface area contributed by atoms with Gasteiger partial charge in [0.1, 0.15) is 4.64 Å². The lowest BCUT2D eigenvalue weighted by atomic mass is 10.0. The van der Waals surface area contributed by atoms with Crippen molar-refractivity contribution >= 4 is 33.9 Å². The molecule has 0 saturated heterocycles. The fraction of sp³-hybridized carbons (Fsp3) is 0. The molecule has 0 unspecified atom stereocenters. The maximum atomic E-state index is 5.33. The zero-order valence-electron chi connectivity index (χ0n) is 11.1. The number of nitrogens with one attached hydrogen (secondary N) is 1. The van der Waals surface area contributed by atoms with Gasteiger partial charge in [0.05, 0.1) is 11.2 Å². The van der Waals surface area contributed by atoms with Crippen LogP contribution in [0.5, 0.6) is 0 Å². The summed E-state index contributed by atoms with van der Waals surface area (Å²) < 4.78 is 0.660. The lowest BCUT2D eigenvalue weighted by Crippen LogP contribution is -1.92. The third-order valence-corrected chi connectivity index (χ3v) is 3.91. The summed E-state index contributed by atoms with van der Waals surface area (Å²) in [5, 5.41) is 10.6. The van der Waals surface area contributed by atoms with Gasteiger partial charge in [0.15, 0.2) is 0 Å². The molecule has 0 saturated carbocycles. The van der Waals surface area contributed by atoms with E-state index in [0.29, 0.717) is 4.64 Å². The lowest BCUT2D eigenvalue weighted by molar-refractivity contribution is 1.04. The normalized spacial score (nSPS) is 11.0. The average Bonchev–Trinajstić information content (AvgIpc) is 2.55. The molecule has 0 amide bonds. The highest BCUT2D eigenvalue weighted by Gasteiger charge is 2.10. The first-order valence-corrected chi connectivity index (χ1v) is 7.07. The topological polar surface area (TPSA) is 41.6 Å². The molecular weight excluding hydrogens is 278 g/mol. The second-order valence-corrected chi connectivity index (χ2v) is 5.23. The van der Waals surface area contributed by atoms with E-state index >= 15 is 0 Å². The summed E-state index contributed by atoms with van der Waals surface area (Å²) in [7, 11) is 0. The molecule has 1 N–H and O–H groups in total. The smallest absolute Gasteiger partial charge is 0.127 e. The van der Waals surface area contributed by atoms with Gasteiger partial charge in [0.2, 0.25) is 0 Å². The van der Waals surface area contributed by atoms with Gasteiger partial charge in [-0.05, 0) is 12.1 Å². The van der Waals surface area contributed by atoms with Crippen LogP contribution < -0.4 is 0 Å². The number of hydrogen-bond donors (Lipinski definition) is 1. The van der Waals surface area contributed by atoms with Gasteiger partial charge in [0.25, 0.3) is 0 Å². The number of aromatic amines is 1. The molecule has 0 fully saturated rings. The summed E-state index contributed by atoms with van der Waals surface area (Å²) in [6.07, 6.45) is 1.80. The summed E-state index contributed by atoms with van der Waals surface area (Å²) in [5.74, 6) is 0. The van der Waals surface area contributed by atoms with E-state index in [9.17, 15) is 0 Å². The Morgan fingerprint density at radius 2 is 1.62 bits per heavy atom. The summed E-state index contributed by atoms with van der Waals surface area (Å²) in [4.78, 5) is 4.41. The molecule has 0 atom stereocenters. The molecule has 0 aliphatic heterocycles. The zero-order chi connectivity index (χ0) is 14.2. The Balaban J connectivity index is 2.15. The number of fused-ring (bicyclic) bond motifs is 2. The monoisotopic (exact) mass is 289 g/mol. The van der Waals surface area contributed by atoms with Crippen LogP contribution in [0.15, 0.2) is 60.8 Å². The Kier molecular flexibility index (Phi) is 2.75. The highest BCUT2D eigenvalue weighted by molar-refractivity contribution is 7.71. The van der Waals surface area contributed by atoms with Crippen LogP contribution in [0.2, 0.25) is 0 Å². The molecule has 100 valence electrons. The number of pyridine rings is 1. The quantitative estimate of drug-likeness (QED) is 0.524. The van der Waals surface area contributed by atoms with Gasteiger partial charge in [0, 0.05) is 27.9 Å². The number of H-pyrrole nitrogens is 1. The molecule has 2 aromatic heterocycles. The Bertz CT molecular complexity index is 1020. The summed E-state index contributed by atoms with van der Waals surface area (Å²) in [6.45, 7) is 0. The fourth-order valence-electron chi connectivity index (χ4n) is 2.63. The van der Waals surface area contributed by atoms with E-state index in [-0.39, 0.29) is 0 Å². The molecule has 4 heteroatoms. The largest absolute Gasteiger partial charge is 0.267 e. The molecule has 0 spiro atoms. The first-order chi connectivity index (χ1) is 10.3. The van der Waals surface area contributed by atoms with Crippen molar-refractivity contribution in [3.63, 3.8) is 0 Å². The molecule has 0 radical (unpaired) electrons. The molecule has 0 aliphatic carbocycles. The molecule has 3 nitrogen and oxygen atoms in total. The molecule has 0 bridgehead atoms. The third kappa shape index (κ3) is 1.92. The van der Waals surface area contributed by atoms with Crippen molar-refractivity contribution < 1.29 is 0 Å². The van der Waals surface area contributed by atoms with E-state index in [1.807, 2.05) is 36.4 Å². The Morgan fingerprint density at radius 1 is 0.810 bits per heavy atom. The van der Waals surface area contributed by atoms with Crippen molar-refractivity contribution in [1.82, 2.24) is 15.2 Å². The number of benzene rings is 2. The molecule has 2 aromatic carbocycles. The van der Waals surface area contributed by atoms with E-state index in [1.54, 1.807) is 6.20 Å². The van der Waals surface area contributed by atoms with Gasteiger partial charge in [-0.1, -0.05) is 54.7 Å². The Morgan fingerprint density at radius 3 is 2.52 bits per heavy atom. The van der Waals surface area contributed by atoms with Crippen LogP contribution in [0, 0.1) is 4.64 Å². The van der Waals surface area contributed by atoms with Crippen LogP contribution in [0.3, 0.4) is 0 Å². The van der Waals surface area contributed by atoms with Crippen molar-refractivity contribution in [3.05, 3.63) is 65.4 Å². The van der Waals surface area contributed by atoms with Gasteiger partial charge in [-0.15, -0.1) is 0 Å². The highest BCUT2D eigenvalue weighted by atomic mass is 32.1. The number of rotatable bonds is 1.